The Morgan fingerprint density at radius 3 is 2.57 bits per heavy atom. The van der Waals surface area contributed by atoms with Crippen LogP contribution in [0.15, 0.2) is 0 Å². The van der Waals surface area contributed by atoms with Crippen molar-refractivity contribution < 1.29 is 0 Å². The first-order chi connectivity index (χ1) is 6.86. The van der Waals surface area contributed by atoms with Gasteiger partial charge in [-0.3, -0.25) is 0 Å². The Balaban J connectivity index is 1.80. The Hall–Kier alpha value is 0.440. The Labute approximate surface area is 95.2 Å². The first kappa shape index (κ1) is 9.65. The lowest BCUT2D eigenvalue weighted by molar-refractivity contribution is 0.241. The highest BCUT2D eigenvalue weighted by Gasteiger charge is 2.47. The molecule has 0 radical (unpaired) electrons. The van der Waals surface area contributed by atoms with E-state index in [0.717, 1.165) is 28.7 Å². The van der Waals surface area contributed by atoms with Crippen LogP contribution < -0.4 is 5.32 Å². The van der Waals surface area contributed by atoms with Crippen molar-refractivity contribution in [1.29, 1.82) is 0 Å². The molecule has 3 rings (SSSR count). The molecule has 2 aliphatic carbocycles. The average molecular weight is 258 g/mol. The van der Waals surface area contributed by atoms with Gasteiger partial charge in [-0.1, -0.05) is 35.2 Å². The molecule has 0 aromatic carbocycles. The third kappa shape index (κ3) is 1.46. The minimum Gasteiger partial charge on any atom is -0.311 e. The van der Waals surface area contributed by atoms with Crippen molar-refractivity contribution in [2.75, 3.05) is 0 Å². The van der Waals surface area contributed by atoms with Crippen LogP contribution in [0.1, 0.15) is 44.9 Å². The highest BCUT2D eigenvalue weighted by molar-refractivity contribution is 9.09. The predicted molar refractivity (Wildman–Crippen MR) is 62.7 cm³/mol. The van der Waals surface area contributed by atoms with Gasteiger partial charge in [0, 0.05) is 16.9 Å². The molecule has 1 heterocycles. The fourth-order valence-corrected chi connectivity index (χ4v) is 5.12. The molecule has 5 atom stereocenters. The molecule has 0 aromatic rings. The molecule has 1 saturated heterocycles. The molecule has 2 heteroatoms. The number of nitrogens with one attached hydrogen (secondary N) is 1. The van der Waals surface area contributed by atoms with E-state index in [2.05, 4.69) is 21.2 Å². The van der Waals surface area contributed by atoms with Crippen molar-refractivity contribution in [3.8, 4) is 0 Å². The van der Waals surface area contributed by atoms with Crippen molar-refractivity contribution in [1.82, 2.24) is 5.32 Å². The van der Waals surface area contributed by atoms with E-state index in [9.17, 15) is 0 Å². The first-order valence-corrected chi connectivity index (χ1v) is 7.18. The summed E-state index contributed by atoms with van der Waals surface area (Å²) in [6.45, 7) is 0. The zero-order valence-electron chi connectivity index (χ0n) is 8.71. The summed E-state index contributed by atoms with van der Waals surface area (Å²) in [5, 5.41) is 3.90. The number of rotatable bonds is 0. The average Bonchev–Trinajstić information content (AvgIpc) is 2.57. The van der Waals surface area contributed by atoms with Crippen LogP contribution in [0.4, 0.5) is 0 Å². The molecular formula is C12H20BrN. The third-order valence-electron chi connectivity index (χ3n) is 4.62. The van der Waals surface area contributed by atoms with Crippen LogP contribution in [-0.4, -0.2) is 16.9 Å². The zero-order chi connectivity index (χ0) is 9.54. The number of alkyl halides is 1. The smallest absolute Gasteiger partial charge is 0.0192 e. The van der Waals surface area contributed by atoms with E-state index in [4.69, 9.17) is 0 Å². The molecule has 3 aliphatic rings. The SMILES string of the molecule is BrC1CCCC2N[C@H]3CCCCC3[C@@H]12. The minimum atomic E-state index is 0.807. The number of hydrogen-bond donors (Lipinski definition) is 1. The summed E-state index contributed by atoms with van der Waals surface area (Å²) in [6, 6.07) is 1.72. The van der Waals surface area contributed by atoms with E-state index in [1.807, 2.05) is 0 Å². The van der Waals surface area contributed by atoms with E-state index in [1.54, 1.807) is 0 Å². The fourth-order valence-electron chi connectivity index (χ4n) is 4.03. The standard InChI is InChI=1S/C12H20BrN/c13-9-5-3-7-11-12(9)8-4-1-2-6-10(8)14-11/h8-12,14H,1-7H2/t8?,9?,10-,11?,12-/m0/s1. The summed E-state index contributed by atoms with van der Waals surface area (Å²) < 4.78 is 0. The summed E-state index contributed by atoms with van der Waals surface area (Å²) >= 11 is 3.92. The molecule has 2 saturated carbocycles. The second-order valence-corrected chi connectivity index (χ2v) is 6.53. The first-order valence-electron chi connectivity index (χ1n) is 6.26. The fraction of sp³-hybridized carbons (Fsp3) is 1.00. The monoisotopic (exact) mass is 257 g/mol. The Kier molecular flexibility index (Phi) is 2.61. The van der Waals surface area contributed by atoms with E-state index in [-0.39, 0.29) is 0 Å². The third-order valence-corrected chi connectivity index (χ3v) is 5.69. The molecule has 0 amide bonds. The van der Waals surface area contributed by atoms with Crippen LogP contribution in [0.3, 0.4) is 0 Å². The van der Waals surface area contributed by atoms with Gasteiger partial charge < -0.3 is 5.32 Å². The van der Waals surface area contributed by atoms with Gasteiger partial charge in [-0.2, -0.15) is 0 Å². The number of hydrogen-bond acceptors (Lipinski definition) is 1. The summed E-state index contributed by atoms with van der Waals surface area (Å²) in [6.07, 6.45) is 10.1. The highest BCUT2D eigenvalue weighted by atomic mass is 79.9. The van der Waals surface area contributed by atoms with E-state index in [0.29, 0.717) is 0 Å². The Morgan fingerprint density at radius 2 is 1.64 bits per heavy atom. The van der Waals surface area contributed by atoms with Crippen molar-refractivity contribution >= 4 is 15.9 Å². The molecule has 3 unspecified atom stereocenters. The van der Waals surface area contributed by atoms with Crippen molar-refractivity contribution in [2.45, 2.75) is 61.9 Å². The van der Waals surface area contributed by atoms with Gasteiger partial charge >= 0.3 is 0 Å². The lowest BCUT2D eigenvalue weighted by Gasteiger charge is -2.34. The lowest BCUT2D eigenvalue weighted by atomic mass is 9.73. The highest BCUT2D eigenvalue weighted by Crippen LogP contribution is 2.46. The topological polar surface area (TPSA) is 12.0 Å². The van der Waals surface area contributed by atoms with Gasteiger partial charge in [0.2, 0.25) is 0 Å². The minimum absolute atomic E-state index is 0.807. The maximum atomic E-state index is 3.92. The Morgan fingerprint density at radius 1 is 0.857 bits per heavy atom. The summed E-state index contributed by atoms with van der Waals surface area (Å²) in [5.41, 5.74) is 0. The van der Waals surface area contributed by atoms with Crippen molar-refractivity contribution in [3.05, 3.63) is 0 Å². The van der Waals surface area contributed by atoms with Gasteiger partial charge in [0.15, 0.2) is 0 Å². The van der Waals surface area contributed by atoms with Crippen LogP contribution in [-0.2, 0) is 0 Å². The second-order valence-electron chi connectivity index (χ2n) is 5.35. The van der Waals surface area contributed by atoms with E-state index >= 15 is 0 Å². The molecule has 3 fully saturated rings. The molecule has 1 N–H and O–H groups in total. The molecule has 14 heavy (non-hydrogen) atoms. The van der Waals surface area contributed by atoms with Crippen molar-refractivity contribution in [3.63, 3.8) is 0 Å². The largest absolute Gasteiger partial charge is 0.311 e. The molecule has 1 nitrogen and oxygen atoms in total. The maximum absolute atomic E-state index is 3.92. The van der Waals surface area contributed by atoms with Gasteiger partial charge in [0.25, 0.3) is 0 Å². The maximum Gasteiger partial charge on any atom is 0.0192 e. The number of halogens is 1. The summed E-state index contributed by atoms with van der Waals surface area (Å²) in [4.78, 5) is 0.807. The van der Waals surface area contributed by atoms with Crippen LogP contribution >= 0.6 is 15.9 Å². The van der Waals surface area contributed by atoms with Gasteiger partial charge in [-0.15, -0.1) is 0 Å². The molecule has 0 aromatic heterocycles. The van der Waals surface area contributed by atoms with Gasteiger partial charge in [-0.05, 0) is 37.5 Å². The predicted octanol–water partition coefficient (Wildman–Crippen LogP) is 3.08. The lowest BCUT2D eigenvalue weighted by Crippen LogP contribution is -2.36. The van der Waals surface area contributed by atoms with Crippen LogP contribution in [0, 0.1) is 11.8 Å². The number of fused-ring (bicyclic) bond motifs is 3. The molecule has 1 aliphatic heterocycles. The van der Waals surface area contributed by atoms with Gasteiger partial charge in [0.05, 0.1) is 0 Å². The van der Waals surface area contributed by atoms with Gasteiger partial charge in [-0.25, -0.2) is 0 Å². The molecule has 80 valence electrons. The van der Waals surface area contributed by atoms with Crippen LogP contribution in [0.25, 0.3) is 0 Å². The van der Waals surface area contributed by atoms with E-state index < -0.39 is 0 Å². The summed E-state index contributed by atoms with van der Waals surface area (Å²) in [7, 11) is 0. The normalized spacial score (nSPS) is 52.5. The second kappa shape index (κ2) is 3.79. The van der Waals surface area contributed by atoms with Crippen molar-refractivity contribution in [2.24, 2.45) is 11.8 Å². The molecular weight excluding hydrogens is 238 g/mol. The van der Waals surface area contributed by atoms with Gasteiger partial charge in [0.1, 0.15) is 0 Å². The van der Waals surface area contributed by atoms with E-state index in [1.165, 1.54) is 44.9 Å². The van der Waals surface area contributed by atoms with Crippen LogP contribution in [0.5, 0.6) is 0 Å². The Bertz CT molecular complexity index is 218. The molecule has 0 bridgehead atoms. The van der Waals surface area contributed by atoms with Crippen LogP contribution in [0.2, 0.25) is 0 Å². The molecule has 0 spiro atoms. The quantitative estimate of drug-likeness (QED) is 0.658. The zero-order valence-corrected chi connectivity index (χ0v) is 10.3. The summed E-state index contributed by atoms with van der Waals surface area (Å²) in [5.74, 6) is 1.95.